The van der Waals surface area contributed by atoms with Crippen LogP contribution in [0, 0.1) is 5.92 Å². The standard InChI is InChI=1S/C37H43N5O3/c1-4-16-42(17-5-2)37(45)30-18-28-14-15-29(20-34(28)40-35(38)21-30)36(44)39-31-13-9-12-27(19-31)33-24-41(23-32(33)25(3)43)22-26-10-7-6-8-11-26/h6-15,18-20,32-33H,4-5,16-17,21-24H2,1-3H3,(H2,38,40)(H,39,44)/t32-,33-/m1/s1. The first-order valence-corrected chi connectivity index (χ1v) is 15.9. The van der Waals surface area contributed by atoms with E-state index >= 15 is 0 Å². The van der Waals surface area contributed by atoms with E-state index < -0.39 is 0 Å². The van der Waals surface area contributed by atoms with Crippen molar-refractivity contribution in [1.29, 1.82) is 0 Å². The summed E-state index contributed by atoms with van der Waals surface area (Å²) < 4.78 is 0. The van der Waals surface area contributed by atoms with E-state index in [1.54, 1.807) is 19.1 Å². The molecular formula is C37H43N5O3. The SMILES string of the molecule is CCCN(CCC)C(=O)C1=Cc2ccc(C(=O)Nc3cccc([C@H]4CN(Cc5ccccc5)C[C@@H]4C(C)=O)c3)cc2N=C(N)C1. The van der Waals surface area contributed by atoms with Crippen LogP contribution in [0.1, 0.15) is 73.0 Å². The molecule has 3 aromatic rings. The number of carbonyl (C=O) groups is 3. The van der Waals surface area contributed by atoms with E-state index in [9.17, 15) is 14.4 Å². The molecule has 8 nitrogen and oxygen atoms in total. The Morgan fingerprint density at radius 1 is 0.956 bits per heavy atom. The van der Waals surface area contributed by atoms with Crippen molar-refractivity contribution in [2.45, 2.75) is 52.5 Å². The Morgan fingerprint density at radius 3 is 2.42 bits per heavy atom. The van der Waals surface area contributed by atoms with Gasteiger partial charge >= 0.3 is 0 Å². The molecule has 3 aromatic carbocycles. The van der Waals surface area contributed by atoms with Crippen LogP contribution >= 0.6 is 0 Å². The zero-order valence-corrected chi connectivity index (χ0v) is 26.5. The number of benzene rings is 3. The molecule has 1 saturated heterocycles. The first kappa shape index (κ1) is 31.9. The van der Waals surface area contributed by atoms with Gasteiger partial charge in [-0.3, -0.25) is 19.3 Å². The number of amidine groups is 1. The van der Waals surface area contributed by atoms with Gasteiger partial charge in [-0.05, 0) is 61.2 Å². The van der Waals surface area contributed by atoms with Crippen molar-refractivity contribution < 1.29 is 14.4 Å². The van der Waals surface area contributed by atoms with Crippen LogP contribution in [0.4, 0.5) is 11.4 Å². The van der Waals surface area contributed by atoms with Gasteiger partial charge in [0.1, 0.15) is 11.6 Å². The Balaban J connectivity index is 1.32. The molecule has 2 amide bonds. The van der Waals surface area contributed by atoms with Crippen LogP contribution < -0.4 is 11.1 Å². The minimum atomic E-state index is -0.273. The predicted octanol–water partition coefficient (Wildman–Crippen LogP) is 6.17. The second kappa shape index (κ2) is 14.5. The third kappa shape index (κ3) is 7.75. The number of amides is 2. The van der Waals surface area contributed by atoms with Gasteiger partial charge < -0.3 is 16.0 Å². The number of aliphatic imine (C=N–C) groups is 1. The van der Waals surface area contributed by atoms with Gasteiger partial charge in [0.2, 0.25) is 5.91 Å². The number of fused-ring (bicyclic) bond motifs is 1. The highest BCUT2D eigenvalue weighted by Gasteiger charge is 2.36. The second-order valence-corrected chi connectivity index (χ2v) is 12.1. The molecule has 0 radical (unpaired) electrons. The molecule has 5 rings (SSSR count). The molecule has 2 aliphatic heterocycles. The molecule has 2 heterocycles. The van der Waals surface area contributed by atoms with Gasteiger partial charge in [0.15, 0.2) is 0 Å². The lowest BCUT2D eigenvalue weighted by Gasteiger charge is -2.22. The third-order valence-electron chi connectivity index (χ3n) is 8.55. The molecule has 8 heteroatoms. The van der Waals surface area contributed by atoms with Crippen LogP contribution in [0.25, 0.3) is 6.08 Å². The summed E-state index contributed by atoms with van der Waals surface area (Å²) in [7, 11) is 0. The number of nitrogens with two attached hydrogens (primary N) is 1. The number of anilines is 1. The zero-order chi connectivity index (χ0) is 31.9. The van der Waals surface area contributed by atoms with Crippen LogP contribution in [0.2, 0.25) is 0 Å². The lowest BCUT2D eigenvalue weighted by atomic mass is 9.86. The first-order chi connectivity index (χ1) is 21.7. The van der Waals surface area contributed by atoms with E-state index in [1.165, 1.54) is 5.56 Å². The zero-order valence-electron chi connectivity index (χ0n) is 26.5. The number of nitrogens with zero attached hydrogens (tertiary/aromatic N) is 3. The fourth-order valence-electron chi connectivity index (χ4n) is 6.38. The average Bonchev–Trinajstić information content (AvgIpc) is 3.37. The summed E-state index contributed by atoms with van der Waals surface area (Å²) in [6, 6.07) is 23.4. The maximum absolute atomic E-state index is 13.4. The summed E-state index contributed by atoms with van der Waals surface area (Å²) in [6.45, 7) is 9.45. The monoisotopic (exact) mass is 605 g/mol. The lowest BCUT2D eigenvalue weighted by Crippen LogP contribution is -2.34. The fourth-order valence-corrected chi connectivity index (χ4v) is 6.38. The molecule has 3 N–H and O–H groups in total. The fraction of sp³-hybridized carbons (Fsp3) is 0.351. The molecule has 0 saturated carbocycles. The average molecular weight is 606 g/mol. The minimum Gasteiger partial charge on any atom is -0.387 e. The van der Waals surface area contributed by atoms with Gasteiger partial charge in [-0.25, -0.2) is 4.99 Å². The van der Waals surface area contributed by atoms with E-state index in [2.05, 4.69) is 41.2 Å². The minimum absolute atomic E-state index is 0.0242. The van der Waals surface area contributed by atoms with Crippen molar-refractivity contribution in [1.82, 2.24) is 9.80 Å². The Labute approximate surface area is 266 Å². The quantitative estimate of drug-likeness (QED) is 0.272. The molecule has 234 valence electrons. The van der Waals surface area contributed by atoms with Gasteiger partial charge in [-0.1, -0.05) is 62.4 Å². The van der Waals surface area contributed by atoms with Crippen molar-refractivity contribution in [3.8, 4) is 0 Å². The maximum atomic E-state index is 13.4. The second-order valence-electron chi connectivity index (χ2n) is 12.1. The highest BCUT2D eigenvalue weighted by molar-refractivity contribution is 6.08. The van der Waals surface area contributed by atoms with E-state index in [0.717, 1.165) is 37.1 Å². The molecule has 0 aromatic heterocycles. The van der Waals surface area contributed by atoms with E-state index in [-0.39, 0.29) is 35.9 Å². The number of hydrogen-bond acceptors (Lipinski definition) is 6. The number of Topliss-reactive ketones (excluding diaryl/α,β-unsaturated/α-hetero) is 1. The molecule has 45 heavy (non-hydrogen) atoms. The molecular weight excluding hydrogens is 562 g/mol. The van der Waals surface area contributed by atoms with Crippen LogP contribution in [-0.4, -0.2) is 59.4 Å². The molecule has 0 unspecified atom stereocenters. The van der Waals surface area contributed by atoms with E-state index in [4.69, 9.17) is 5.73 Å². The van der Waals surface area contributed by atoms with E-state index in [0.29, 0.717) is 48.0 Å². The van der Waals surface area contributed by atoms with Gasteiger partial charge in [0.05, 0.1) is 5.69 Å². The van der Waals surface area contributed by atoms with Gasteiger partial charge in [-0.2, -0.15) is 0 Å². The Morgan fingerprint density at radius 2 is 1.71 bits per heavy atom. The van der Waals surface area contributed by atoms with Crippen molar-refractivity contribution in [3.63, 3.8) is 0 Å². The number of likely N-dealkylation sites (tertiary alicyclic amines) is 1. The lowest BCUT2D eigenvalue weighted by molar-refractivity contribution is -0.127. The molecule has 0 bridgehead atoms. The van der Waals surface area contributed by atoms with Gasteiger partial charge in [0, 0.05) is 73.4 Å². The molecule has 2 atom stereocenters. The summed E-state index contributed by atoms with van der Waals surface area (Å²) in [5.41, 5.74) is 11.5. The highest BCUT2D eigenvalue weighted by Crippen LogP contribution is 2.35. The van der Waals surface area contributed by atoms with Crippen molar-refractivity contribution in [2.24, 2.45) is 16.6 Å². The number of ketones is 1. The smallest absolute Gasteiger partial charge is 0.255 e. The Bertz CT molecular complexity index is 1610. The summed E-state index contributed by atoms with van der Waals surface area (Å²) >= 11 is 0. The molecule has 0 aliphatic carbocycles. The van der Waals surface area contributed by atoms with E-state index in [1.807, 2.05) is 59.5 Å². The van der Waals surface area contributed by atoms with Crippen LogP contribution in [0.3, 0.4) is 0 Å². The summed E-state index contributed by atoms with van der Waals surface area (Å²) in [4.78, 5) is 48.1. The summed E-state index contributed by atoms with van der Waals surface area (Å²) in [6.07, 6.45) is 3.87. The van der Waals surface area contributed by atoms with Crippen molar-refractivity contribution >= 4 is 40.9 Å². The molecule has 2 aliphatic rings. The summed E-state index contributed by atoms with van der Waals surface area (Å²) in [5.74, 6) is 0.159. The predicted molar refractivity (Wildman–Crippen MR) is 181 cm³/mol. The van der Waals surface area contributed by atoms with Crippen molar-refractivity contribution in [3.05, 3.63) is 101 Å². The topological polar surface area (TPSA) is 108 Å². The third-order valence-corrected chi connectivity index (χ3v) is 8.55. The molecule has 0 spiro atoms. The van der Waals surface area contributed by atoms with Crippen LogP contribution in [-0.2, 0) is 16.1 Å². The highest BCUT2D eigenvalue weighted by atomic mass is 16.2. The number of hydrogen-bond donors (Lipinski definition) is 2. The van der Waals surface area contributed by atoms with Gasteiger partial charge in [0.25, 0.3) is 5.91 Å². The largest absolute Gasteiger partial charge is 0.387 e. The van der Waals surface area contributed by atoms with Crippen LogP contribution in [0.5, 0.6) is 0 Å². The summed E-state index contributed by atoms with van der Waals surface area (Å²) in [5, 5.41) is 3.03. The number of carbonyl (C=O) groups excluding carboxylic acids is 3. The Kier molecular flexibility index (Phi) is 10.2. The van der Waals surface area contributed by atoms with Crippen molar-refractivity contribution in [2.75, 3.05) is 31.5 Å². The normalized spacial score (nSPS) is 17.9. The molecule has 1 fully saturated rings. The maximum Gasteiger partial charge on any atom is 0.255 e. The number of rotatable bonds is 11. The first-order valence-electron chi connectivity index (χ1n) is 15.9. The Hall–Kier alpha value is -4.56. The van der Waals surface area contributed by atoms with Crippen LogP contribution in [0.15, 0.2) is 83.4 Å². The van der Waals surface area contributed by atoms with Gasteiger partial charge in [-0.15, -0.1) is 0 Å². The number of nitrogens with one attached hydrogen (secondary N) is 1.